The van der Waals surface area contributed by atoms with Crippen molar-refractivity contribution in [2.75, 3.05) is 6.54 Å². The Hall–Kier alpha value is -0.770. The van der Waals surface area contributed by atoms with Crippen molar-refractivity contribution >= 4 is 5.96 Å². The van der Waals surface area contributed by atoms with Gasteiger partial charge in [-0.1, -0.05) is 39.0 Å². The Balaban J connectivity index is 3.48. The van der Waals surface area contributed by atoms with Crippen LogP contribution in [0.5, 0.6) is 0 Å². The van der Waals surface area contributed by atoms with Crippen molar-refractivity contribution in [3.05, 3.63) is 0 Å². The number of unbranched alkanes of at least 4 members (excludes halogenated alkanes) is 5. The van der Waals surface area contributed by atoms with Crippen LogP contribution in [0.15, 0.2) is 4.99 Å². The Kier molecular flexibility index (Phi) is 10.2. The van der Waals surface area contributed by atoms with E-state index in [4.69, 9.17) is 5.84 Å². The molecule has 0 unspecified atom stereocenters. The zero-order valence-electron chi connectivity index (χ0n) is 11.1. The minimum Gasteiger partial charge on any atom is -0.353 e. The molecule has 0 amide bonds. The Bertz CT molecular complexity index is 178. The summed E-state index contributed by atoms with van der Waals surface area (Å²) in [5.74, 6) is 6.06. The van der Waals surface area contributed by atoms with Crippen molar-refractivity contribution in [1.82, 2.24) is 10.7 Å². The van der Waals surface area contributed by atoms with E-state index in [1.54, 1.807) is 0 Å². The van der Waals surface area contributed by atoms with Gasteiger partial charge in [0.05, 0.1) is 0 Å². The van der Waals surface area contributed by atoms with Gasteiger partial charge in [0, 0.05) is 12.6 Å². The SMILES string of the molecule is CCCCCCCCN=C(NN)NC(C)C. The van der Waals surface area contributed by atoms with Crippen molar-refractivity contribution in [3.63, 3.8) is 0 Å². The molecule has 16 heavy (non-hydrogen) atoms. The summed E-state index contributed by atoms with van der Waals surface area (Å²) in [4.78, 5) is 4.37. The fourth-order valence-electron chi connectivity index (χ4n) is 1.49. The fraction of sp³-hybridized carbons (Fsp3) is 0.917. The standard InChI is InChI=1S/C12H28N4/c1-4-5-6-7-8-9-10-14-12(16-13)15-11(2)3/h11H,4-10,13H2,1-3H3,(H2,14,15,16). The van der Waals surface area contributed by atoms with Crippen molar-refractivity contribution in [2.24, 2.45) is 10.8 Å². The van der Waals surface area contributed by atoms with Crippen LogP contribution in [0.4, 0.5) is 0 Å². The van der Waals surface area contributed by atoms with Crippen LogP contribution in [-0.4, -0.2) is 18.5 Å². The number of nitrogens with two attached hydrogens (primary N) is 1. The second-order valence-electron chi connectivity index (χ2n) is 4.44. The van der Waals surface area contributed by atoms with Crippen molar-refractivity contribution < 1.29 is 0 Å². The molecule has 4 N–H and O–H groups in total. The normalized spacial score (nSPS) is 11.9. The Labute approximate surface area is 100 Å². The van der Waals surface area contributed by atoms with Crippen LogP contribution in [0, 0.1) is 0 Å². The maximum atomic E-state index is 5.36. The molecule has 0 radical (unpaired) electrons. The zero-order chi connectivity index (χ0) is 12.2. The van der Waals surface area contributed by atoms with E-state index >= 15 is 0 Å². The zero-order valence-corrected chi connectivity index (χ0v) is 11.1. The van der Waals surface area contributed by atoms with Gasteiger partial charge in [-0.25, -0.2) is 5.84 Å². The first-order valence-electron chi connectivity index (χ1n) is 6.48. The van der Waals surface area contributed by atoms with Gasteiger partial charge >= 0.3 is 0 Å². The lowest BCUT2D eigenvalue weighted by Crippen LogP contribution is -2.44. The lowest BCUT2D eigenvalue weighted by molar-refractivity contribution is 0.609. The van der Waals surface area contributed by atoms with E-state index in [2.05, 4.69) is 36.5 Å². The largest absolute Gasteiger partial charge is 0.353 e. The third kappa shape index (κ3) is 9.77. The number of hydrazine groups is 1. The van der Waals surface area contributed by atoms with Gasteiger partial charge in [0.2, 0.25) is 5.96 Å². The molecule has 0 aromatic rings. The van der Waals surface area contributed by atoms with Crippen LogP contribution < -0.4 is 16.6 Å². The number of rotatable bonds is 8. The van der Waals surface area contributed by atoms with Gasteiger partial charge in [-0.15, -0.1) is 0 Å². The molecule has 4 nitrogen and oxygen atoms in total. The van der Waals surface area contributed by atoms with E-state index in [-0.39, 0.29) is 0 Å². The molecule has 96 valence electrons. The minimum absolute atomic E-state index is 0.361. The molecule has 0 aromatic heterocycles. The molecule has 0 rings (SSSR count). The number of nitrogens with one attached hydrogen (secondary N) is 2. The van der Waals surface area contributed by atoms with E-state index in [1.165, 1.54) is 32.1 Å². The number of hydrogen-bond acceptors (Lipinski definition) is 2. The lowest BCUT2D eigenvalue weighted by atomic mass is 10.1. The average molecular weight is 228 g/mol. The van der Waals surface area contributed by atoms with Crippen molar-refractivity contribution in [2.45, 2.75) is 65.3 Å². The summed E-state index contributed by atoms with van der Waals surface area (Å²) in [6.45, 7) is 7.22. The molecule has 0 aliphatic carbocycles. The van der Waals surface area contributed by atoms with Crippen molar-refractivity contribution in [1.29, 1.82) is 0 Å². The summed E-state index contributed by atoms with van der Waals surface area (Å²) >= 11 is 0. The summed E-state index contributed by atoms with van der Waals surface area (Å²) in [5.41, 5.74) is 2.58. The van der Waals surface area contributed by atoms with Gasteiger partial charge in [-0.3, -0.25) is 10.4 Å². The Morgan fingerprint density at radius 1 is 1.12 bits per heavy atom. The van der Waals surface area contributed by atoms with Crippen LogP contribution in [0.3, 0.4) is 0 Å². The molecule has 0 heterocycles. The van der Waals surface area contributed by atoms with Crippen LogP contribution in [0.2, 0.25) is 0 Å². The Morgan fingerprint density at radius 3 is 2.31 bits per heavy atom. The minimum atomic E-state index is 0.361. The van der Waals surface area contributed by atoms with E-state index in [9.17, 15) is 0 Å². The topological polar surface area (TPSA) is 62.4 Å². The fourth-order valence-corrected chi connectivity index (χ4v) is 1.49. The van der Waals surface area contributed by atoms with E-state index in [0.29, 0.717) is 12.0 Å². The number of hydrogen-bond donors (Lipinski definition) is 3. The van der Waals surface area contributed by atoms with Gasteiger partial charge in [-0.05, 0) is 20.3 Å². The number of aliphatic imine (C=N–C) groups is 1. The summed E-state index contributed by atoms with van der Waals surface area (Å²) < 4.78 is 0. The molecule has 0 atom stereocenters. The van der Waals surface area contributed by atoms with Gasteiger partial charge in [-0.2, -0.15) is 0 Å². The second kappa shape index (κ2) is 10.7. The van der Waals surface area contributed by atoms with Gasteiger partial charge in [0.25, 0.3) is 0 Å². The van der Waals surface area contributed by atoms with Crippen LogP contribution in [0.25, 0.3) is 0 Å². The monoisotopic (exact) mass is 228 g/mol. The smallest absolute Gasteiger partial charge is 0.205 e. The molecule has 4 heteroatoms. The Morgan fingerprint density at radius 2 is 1.75 bits per heavy atom. The predicted octanol–water partition coefficient (Wildman–Crippen LogP) is 2.16. The third-order valence-electron chi connectivity index (χ3n) is 2.34. The van der Waals surface area contributed by atoms with Crippen molar-refractivity contribution in [3.8, 4) is 0 Å². The average Bonchev–Trinajstić information content (AvgIpc) is 2.25. The maximum Gasteiger partial charge on any atom is 0.205 e. The first-order valence-corrected chi connectivity index (χ1v) is 6.48. The maximum absolute atomic E-state index is 5.36. The predicted molar refractivity (Wildman–Crippen MR) is 71.3 cm³/mol. The highest BCUT2D eigenvalue weighted by Gasteiger charge is 1.97. The molecule has 0 aliphatic heterocycles. The first kappa shape index (κ1) is 15.2. The van der Waals surface area contributed by atoms with Crippen LogP contribution in [0.1, 0.15) is 59.3 Å². The molecule has 0 aliphatic rings. The molecule has 0 saturated carbocycles. The molecule has 0 aromatic carbocycles. The van der Waals surface area contributed by atoms with Crippen LogP contribution >= 0.6 is 0 Å². The molecule has 0 saturated heterocycles. The highest BCUT2D eigenvalue weighted by Crippen LogP contribution is 2.04. The van der Waals surface area contributed by atoms with E-state index in [0.717, 1.165) is 13.0 Å². The summed E-state index contributed by atoms with van der Waals surface area (Å²) in [6, 6.07) is 0.361. The summed E-state index contributed by atoms with van der Waals surface area (Å²) in [7, 11) is 0. The molecule has 0 bridgehead atoms. The van der Waals surface area contributed by atoms with Gasteiger partial charge < -0.3 is 5.32 Å². The van der Waals surface area contributed by atoms with E-state index < -0.39 is 0 Å². The van der Waals surface area contributed by atoms with Crippen LogP contribution in [-0.2, 0) is 0 Å². The second-order valence-corrected chi connectivity index (χ2v) is 4.44. The summed E-state index contributed by atoms with van der Waals surface area (Å²) in [5, 5.41) is 3.15. The summed E-state index contributed by atoms with van der Waals surface area (Å²) in [6.07, 6.45) is 7.75. The van der Waals surface area contributed by atoms with E-state index in [1.807, 2.05) is 0 Å². The molecular weight excluding hydrogens is 200 g/mol. The highest BCUT2D eigenvalue weighted by molar-refractivity contribution is 5.79. The quantitative estimate of drug-likeness (QED) is 0.196. The molecule has 0 fully saturated rings. The van der Waals surface area contributed by atoms with Gasteiger partial charge in [0.15, 0.2) is 0 Å². The molecule has 0 spiro atoms. The number of guanidine groups is 1. The van der Waals surface area contributed by atoms with Gasteiger partial charge in [0.1, 0.15) is 0 Å². The number of nitrogens with zero attached hydrogens (tertiary/aromatic N) is 1. The first-order chi connectivity index (χ1) is 7.70. The highest BCUT2D eigenvalue weighted by atomic mass is 15.3. The lowest BCUT2D eigenvalue weighted by Gasteiger charge is -2.11. The molecular formula is C12H28N4. The third-order valence-corrected chi connectivity index (χ3v) is 2.34.